The van der Waals surface area contributed by atoms with Crippen LogP contribution >= 0.6 is 15.9 Å². The van der Waals surface area contributed by atoms with Gasteiger partial charge in [0.1, 0.15) is 6.07 Å². The Morgan fingerprint density at radius 2 is 1.94 bits per heavy atom. The van der Waals surface area contributed by atoms with Gasteiger partial charge in [0, 0.05) is 30.4 Å². The Hall–Kier alpha value is -3.51. The molecule has 3 aromatic rings. The van der Waals surface area contributed by atoms with Crippen molar-refractivity contribution in [1.82, 2.24) is 9.55 Å². The molecule has 1 amide bonds. The van der Waals surface area contributed by atoms with Gasteiger partial charge in [0.2, 0.25) is 11.7 Å². The van der Waals surface area contributed by atoms with Gasteiger partial charge in [0.05, 0.1) is 27.2 Å². The first-order valence-electron chi connectivity index (χ1n) is 10.5. The van der Waals surface area contributed by atoms with Gasteiger partial charge in [0.25, 0.3) is 0 Å². The topological polar surface area (TPSA) is 105 Å². The number of halogens is 1. The van der Waals surface area contributed by atoms with Crippen molar-refractivity contribution in [2.45, 2.75) is 47.2 Å². The van der Waals surface area contributed by atoms with E-state index in [0.29, 0.717) is 23.4 Å². The third-order valence-corrected chi connectivity index (χ3v) is 5.99. The molecule has 170 valence electrons. The third-order valence-electron chi connectivity index (χ3n) is 5.39. The molecule has 9 heteroatoms. The zero-order valence-corrected chi connectivity index (χ0v) is 20.5. The Labute approximate surface area is 200 Å². The van der Waals surface area contributed by atoms with Gasteiger partial charge in [-0.2, -0.15) is 5.26 Å². The highest BCUT2D eigenvalue weighted by Crippen LogP contribution is 2.33. The number of benzene rings is 1. The Bertz CT molecular complexity index is 1260. The van der Waals surface area contributed by atoms with E-state index in [-0.39, 0.29) is 30.4 Å². The number of hydrogen-bond donors (Lipinski definition) is 0. The van der Waals surface area contributed by atoms with Gasteiger partial charge in [-0.1, -0.05) is 31.2 Å². The van der Waals surface area contributed by atoms with Crippen molar-refractivity contribution in [3.05, 3.63) is 73.5 Å². The van der Waals surface area contributed by atoms with Crippen LogP contribution in [0.25, 0.3) is 11.3 Å². The van der Waals surface area contributed by atoms with Crippen LogP contribution in [0.2, 0.25) is 0 Å². The fraction of sp³-hybridized carbons (Fsp3) is 0.292. The van der Waals surface area contributed by atoms with Crippen LogP contribution in [0.5, 0.6) is 0 Å². The fourth-order valence-electron chi connectivity index (χ4n) is 3.84. The molecule has 0 aliphatic carbocycles. The van der Waals surface area contributed by atoms with Gasteiger partial charge in [-0.15, -0.1) is 0 Å². The number of carbonyl (C=O) groups excluding carboxylic acids is 1. The lowest BCUT2D eigenvalue weighted by Gasteiger charge is -2.22. The molecule has 0 unspecified atom stereocenters. The van der Waals surface area contributed by atoms with Crippen LogP contribution in [0, 0.1) is 35.3 Å². The molecule has 1 aromatic carbocycles. The Morgan fingerprint density at radius 3 is 2.48 bits per heavy atom. The molecule has 8 nitrogen and oxygen atoms in total. The molecule has 0 spiro atoms. The number of aromatic nitrogens is 2. The normalized spacial score (nSPS) is 10.7. The number of hydrogen-bond acceptors (Lipinski definition) is 5. The van der Waals surface area contributed by atoms with Crippen LogP contribution in [0.1, 0.15) is 42.7 Å². The van der Waals surface area contributed by atoms with Crippen LogP contribution in [-0.4, -0.2) is 20.4 Å². The van der Waals surface area contributed by atoms with Gasteiger partial charge < -0.3 is 4.57 Å². The number of aryl methyl sites for hydroxylation is 3. The maximum Gasteiger partial charge on any atom is 0.314 e. The molecule has 0 atom stereocenters. The predicted octanol–water partition coefficient (Wildman–Crippen LogP) is 5.67. The van der Waals surface area contributed by atoms with E-state index in [0.717, 1.165) is 21.3 Å². The summed E-state index contributed by atoms with van der Waals surface area (Å²) in [5.74, 6) is -0.195. The van der Waals surface area contributed by atoms with Crippen LogP contribution in [0.3, 0.4) is 0 Å². The minimum atomic E-state index is -0.490. The van der Waals surface area contributed by atoms with Crippen molar-refractivity contribution >= 4 is 33.3 Å². The maximum absolute atomic E-state index is 12.8. The molecule has 3 rings (SSSR count). The highest BCUT2D eigenvalue weighted by atomic mass is 79.9. The summed E-state index contributed by atoms with van der Waals surface area (Å²) in [5.41, 5.74) is 3.93. The van der Waals surface area contributed by atoms with Crippen molar-refractivity contribution in [3.8, 4) is 17.3 Å². The Kier molecular flexibility index (Phi) is 7.29. The van der Waals surface area contributed by atoms with Gasteiger partial charge >= 0.3 is 5.69 Å². The lowest BCUT2D eigenvalue weighted by atomic mass is 10.1. The molecule has 0 N–H and O–H groups in total. The first-order valence-corrected chi connectivity index (χ1v) is 11.3. The third kappa shape index (κ3) is 4.81. The molecular weight excluding hydrogens is 486 g/mol. The van der Waals surface area contributed by atoms with Crippen molar-refractivity contribution in [1.29, 1.82) is 5.26 Å². The number of anilines is 1. The zero-order valence-electron chi connectivity index (χ0n) is 18.9. The maximum atomic E-state index is 12.8. The summed E-state index contributed by atoms with van der Waals surface area (Å²) in [6.07, 6.45) is 2.07. The fourth-order valence-corrected chi connectivity index (χ4v) is 4.36. The van der Waals surface area contributed by atoms with Crippen LogP contribution in [-0.2, 0) is 17.9 Å². The number of rotatable bonds is 7. The van der Waals surface area contributed by atoms with E-state index >= 15 is 0 Å². The highest BCUT2D eigenvalue weighted by molar-refractivity contribution is 9.10. The van der Waals surface area contributed by atoms with E-state index in [2.05, 4.69) is 27.0 Å². The molecular formula is C24H24BrN5O3. The van der Waals surface area contributed by atoms with Crippen molar-refractivity contribution in [3.63, 3.8) is 0 Å². The average molecular weight is 510 g/mol. The quantitative estimate of drug-likeness (QED) is 0.301. The summed E-state index contributed by atoms with van der Waals surface area (Å²) < 4.78 is 2.73. The summed E-state index contributed by atoms with van der Waals surface area (Å²) in [6, 6.07) is 11.4. The molecule has 0 radical (unpaired) electrons. The number of pyridine rings is 1. The van der Waals surface area contributed by atoms with Gasteiger partial charge in [0.15, 0.2) is 0 Å². The van der Waals surface area contributed by atoms with Crippen LogP contribution in [0.15, 0.2) is 41.0 Å². The minimum Gasteiger partial charge on any atom is -0.345 e. The van der Waals surface area contributed by atoms with Crippen molar-refractivity contribution < 1.29 is 9.72 Å². The standard InChI is InChI=1S/C24H24BrN5O3/c1-5-21(31)29(24-22(30(32)33)15(3)11-16(4)27-24)13-17-7-9-18(10-8-17)23-19(12-26)20(25)14-28(23)6-2/h7-11,14H,5-6,13H2,1-4H3. The molecule has 0 bridgehead atoms. The number of nitrogens with zero attached hydrogens (tertiary/aromatic N) is 5. The molecule has 0 saturated carbocycles. The highest BCUT2D eigenvalue weighted by Gasteiger charge is 2.28. The molecule has 33 heavy (non-hydrogen) atoms. The van der Waals surface area contributed by atoms with E-state index in [1.54, 1.807) is 26.8 Å². The van der Waals surface area contributed by atoms with E-state index in [1.807, 2.05) is 42.0 Å². The summed E-state index contributed by atoms with van der Waals surface area (Å²) in [6.45, 7) is 7.97. The molecule has 0 saturated heterocycles. The van der Waals surface area contributed by atoms with E-state index in [4.69, 9.17) is 0 Å². The van der Waals surface area contributed by atoms with Crippen molar-refractivity contribution in [2.24, 2.45) is 0 Å². The SMILES string of the molecule is CCC(=O)N(Cc1ccc(-c2c(C#N)c(Br)cn2CC)cc1)c1nc(C)cc(C)c1[N+](=O)[O-]. The average Bonchev–Trinajstić information content (AvgIpc) is 3.11. The van der Waals surface area contributed by atoms with E-state index < -0.39 is 4.92 Å². The molecule has 0 fully saturated rings. The summed E-state index contributed by atoms with van der Waals surface area (Å²) in [7, 11) is 0. The number of amides is 1. The smallest absolute Gasteiger partial charge is 0.314 e. The second-order valence-corrected chi connectivity index (χ2v) is 8.49. The lowest BCUT2D eigenvalue weighted by molar-refractivity contribution is -0.384. The summed E-state index contributed by atoms with van der Waals surface area (Å²) in [5, 5.41) is 21.3. The molecule has 2 heterocycles. The number of nitro groups is 1. The summed E-state index contributed by atoms with van der Waals surface area (Å²) >= 11 is 3.44. The van der Waals surface area contributed by atoms with Crippen LogP contribution < -0.4 is 4.90 Å². The predicted molar refractivity (Wildman–Crippen MR) is 130 cm³/mol. The second-order valence-electron chi connectivity index (χ2n) is 7.64. The Balaban J connectivity index is 2.03. The number of nitriles is 1. The number of carbonyl (C=O) groups is 1. The molecule has 2 aromatic heterocycles. The zero-order chi connectivity index (χ0) is 24.3. The molecule has 0 aliphatic rings. The van der Waals surface area contributed by atoms with Crippen LogP contribution in [0.4, 0.5) is 11.5 Å². The van der Waals surface area contributed by atoms with Gasteiger partial charge in [-0.25, -0.2) is 4.98 Å². The molecule has 0 aliphatic heterocycles. The van der Waals surface area contributed by atoms with E-state index in [9.17, 15) is 20.2 Å². The summed E-state index contributed by atoms with van der Waals surface area (Å²) in [4.78, 5) is 29.8. The second kappa shape index (κ2) is 9.96. The monoisotopic (exact) mass is 509 g/mol. The van der Waals surface area contributed by atoms with Crippen molar-refractivity contribution in [2.75, 3.05) is 4.90 Å². The first-order chi connectivity index (χ1) is 15.7. The first kappa shape index (κ1) is 24.1. The largest absolute Gasteiger partial charge is 0.345 e. The van der Waals surface area contributed by atoms with E-state index in [1.165, 1.54) is 4.90 Å². The van der Waals surface area contributed by atoms with Gasteiger partial charge in [-0.05, 0) is 53.9 Å². The lowest BCUT2D eigenvalue weighted by Crippen LogP contribution is -2.31. The Morgan fingerprint density at radius 1 is 1.27 bits per heavy atom. The minimum absolute atomic E-state index is 0.0592. The van der Waals surface area contributed by atoms with Gasteiger partial charge in [-0.3, -0.25) is 19.8 Å².